The van der Waals surface area contributed by atoms with Gasteiger partial charge in [0.2, 0.25) is 0 Å². The van der Waals surface area contributed by atoms with Crippen molar-refractivity contribution in [3.05, 3.63) is 66.2 Å². The highest BCUT2D eigenvalue weighted by molar-refractivity contribution is 5.84. The summed E-state index contributed by atoms with van der Waals surface area (Å²) >= 11 is 0. The molecule has 20 heavy (non-hydrogen) atoms. The van der Waals surface area contributed by atoms with E-state index in [1.54, 1.807) is 0 Å². The summed E-state index contributed by atoms with van der Waals surface area (Å²) in [6, 6.07) is 17.9. The van der Waals surface area contributed by atoms with Crippen molar-refractivity contribution in [2.45, 2.75) is 31.2 Å². The Hall–Kier alpha value is -2.02. The van der Waals surface area contributed by atoms with Crippen molar-refractivity contribution < 1.29 is 0 Å². The Bertz CT molecular complexity index is 671. The SMILES string of the molecule is CC12C=CCCC1Nc1c(-c3ccccc3)cccc12. The molecule has 1 heterocycles. The molecule has 2 atom stereocenters. The smallest absolute Gasteiger partial charge is 0.0464 e. The van der Waals surface area contributed by atoms with Crippen LogP contribution in [0.5, 0.6) is 0 Å². The summed E-state index contributed by atoms with van der Waals surface area (Å²) in [6.45, 7) is 2.36. The fraction of sp³-hybridized carbons (Fsp3) is 0.263. The lowest BCUT2D eigenvalue weighted by Crippen LogP contribution is -2.36. The van der Waals surface area contributed by atoms with Crippen molar-refractivity contribution in [1.82, 2.24) is 0 Å². The minimum atomic E-state index is 0.151. The van der Waals surface area contributed by atoms with Crippen LogP contribution in [0.2, 0.25) is 0 Å². The molecule has 0 spiro atoms. The molecular formula is C19H19N. The summed E-state index contributed by atoms with van der Waals surface area (Å²) in [4.78, 5) is 0. The molecule has 2 aromatic rings. The first-order chi connectivity index (χ1) is 9.79. The number of fused-ring (bicyclic) bond motifs is 3. The molecule has 0 saturated carbocycles. The third-order valence-corrected chi connectivity index (χ3v) is 4.86. The molecule has 100 valence electrons. The molecule has 1 aliphatic heterocycles. The highest BCUT2D eigenvalue weighted by atomic mass is 15.0. The predicted molar refractivity (Wildman–Crippen MR) is 85.0 cm³/mol. The molecule has 0 saturated heterocycles. The van der Waals surface area contributed by atoms with Gasteiger partial charge in [-0.3, -0.25) is 0 Å². The van der Waals surface area contributed by atoms with Crippen LogP contribution in [0.15, 0.2) is 60.7 Å². The minimum absolute atomic E-state index is 0.151. The van der Waals surface area contributed by atoms with Gasteiger partial charge in [0.25, 0.3) is 0 Å². The number of hydrogen-bond donors (Lipinski definition) is 1. The van der Waals surface area contributed by atoms with Gasteiger partial charge in [0.15, 0.2) is 0 Å². The monoisotopic (exact) mass is 261 g/mol. The lowest BCUT2D eigenvalue weighted by atomic mass is 9.73. The maximum absolute atomic E-state index is 3.79. The first kappa shape index (κ1) is 11.8. The number of rotatable bonds is 1. The van der Waals surface area contributed by atoms with Crippen LogP contribution in [0.4, 0.5) is 5.69 Å². The van der Waals surface area contributed by atoms with Crippen LogP contribution in [0.1, 0.15) is 25.3 Å². The average molecular weight is 261 g/mol. The van der Waals surface area contributed by atoms with Gasteiger partial charge in [-0.25, -0.2) is 0 Å². The van der Waals surface area contributed by atoms with E-state index >= 15 is 0 Å². The third kappa shape index (κ3) is 1.56. The van der Waals surface area contributed by atoms with E-state index in [9.17, 15) is 0 Å². The Morgan fingerprint density at radius 1 is 1.05 bits per heavy atom. The Morgan fingerprint density at radius 2 is 1.90 bits per heavy atom. The molecule has 0 aromatic heterocycles. The van der Waals surface area contributed by atoms with Crippen molar-refractivity contribution in [2.75, 3.05) is 5.32 Å². The zero-order valence-corrected chi connectivity index (χ0v) is 11.8. The summed E-state index contributed by atoms with van der Waals surface area (Å²) in [7, 11) is 0. The number of para-hydroxylation sites is 1. The van der Waals surface area contributed by atoms with Crippen LogP contribution in [-0.4, -0.2) is 6.04 Å². The molecule has 2 aromatic carbocycles. The van der Waals surface area contributed by atoms with E-state index in [4.69, 9.17) is 0 Å². The summed E-state index contributed by atoms with van der Waals surface area (Å²) in [5.41, 5.74) is 5.55. The Labute approximate surface area is 120 Å². The lowest BCUT2D eigenvalue weighted by Gasteiger charge is -2.31. The van der Waals surface area contributed by atoms with Crippen LogP contribution in [0.25, 0.3) is 11.1 Å². The highest BCUT2D eigenvalue weighted by Gasteiger charge is 2.42. The number of anilines is 1. The van der Waals surface area contributed by atoms with E-state index in [-0.39, 0.29) is 5.41 Å². The second-order valence-electron chi connectivity index (χ2n) is 6.05. The lowest BCUT2D eigenvalue weighted by molar-refractivity contribution is 0.468. The topological polar surface area (TPSA) is 12.0 Å². The summed E-state index contributed by atoms with van der Waals surface area (Å²) in [6.07, 6.45) is 7.13. The predicted octanol–water partition coefficient (Wildman–Crippen LogP) is 4.76. The first-order valence-corrected chi connectivity index (χ1v) is 7.42. The normalized spacial score (nSPS) is 26.8. The van der Waals surface area contributed by atoms with Gasteiger partial charge >= 0.3 is 0 Å². The maximum atomic E-state index is 3.79. The maximum Gasteiger partial charge on any atom is 0.0464 e. The largest absolute Gasteiger partial charge is 0.380 e. The molecule has 0 bridgehead atoms. The zero-order chi connectivity index (χ0) is 13.6. The summed E-state index contributed by atoms with van der Waals surface area (Å²) in [5, 5.41) is 3.79. The van der Waals surface area contributed by atoms with Crippen molar-refractivity contribution in [2.24, 2.45) is 0 Å². The molecule has 0 fully saturated rings. The van der Waals surface area contributed by atoms with E-state index in [1.165, 1.54) is 35.2 Å². The Balaban J connectivity index is 1.91. The molecule has 0 radical (unpaired) electrons. The van der Waals surface area contributed by atoms with Gasteiger partial charge in [0.05, 0.1) is 0 Å². The van der Waals surface area contributed by atoms with Crippen LogP contribution in [0, 0.1) is 0 Å². The molecule has 2 unspecified atom stereocenters. The van der Waals surface area contributed by atoms with E-state index in [0.717, 1.165) is 0 Å². The number of hydrogen-bond acceptors (Lipinski definition) is 1. The number of allylic oxidation sites excluding steroid dienone is 1. The minimum Gasteiger partial charge on any atom is -0.380 e. The van der Waals surface area contributed by atoms with E-state index < -0.39 is 0 Å². The number of benzene rings is 2. The van der Waals surface area contributed by atoms with Crippen molar-refractivity contribution in [3.63, 3.8) is 0 Å². The van der Waals surface area contributed by atoms with Crippen LogP contribution < -0.4 is 5.32 Å². The van der Waals surface area contributed by atoms with Gasteiger partial charge in [-0.05, 0) is 30.9 Å². The molecule has 0 amide bonds. The van der Waals surface area contributed by atoms with Gasteiger partial charge in [-0.15, -0.1) is 0 Å². The highest BCUT2D eigenvalue weighted by Crippen LogP contribution is 2.49. The molecule has 1 N–H and O–H groups in total. The van der Waals surface area contributed by atoms with Crippen molar-refractivity contribution >= 4 is 5.69 Å². The Kier molecular flexibility index (Phi) is 2.50. The van der Waals surface area contributed by atoms with Gasteiger partial charge in [0, 0.05) is 22.7 Å². The van der Waals surface area contributed by atoms with Gasteiger partial charge < -0.3 is 5.32 Å². The average Bonchev–Trinajstić information content (AvgIpc) is 2.81. The number of nitrogens with one attached hydrogen (secondary N) is 1. The first-order valence-electron chi connectivity index (χ1n) is 7.42. The van der Waals surface area contributed by atoms with Crippen LogP contribution in [0.3, 0.4) is 0 Å². The van der Waals surface area contributed by atoms with Crippen LogP contribution >= 0.6 is 0 Å². The summed E-state index contributed by atoms with van der Waals surface area (Å²) in [5.74, 6) is 0. The van der Waals surface area contributed by atoms with Crippen molar-refractivity contribution in [1.29, 1.82) is 0 Å². The fourth-order valence-corrected chi connectivity index (χ4v) is 3.70. The van der Waals surface area contributed by atoms with Gasteiger partial charge in [-0.2, -0.15) is 0 Å². The van der Waals surface area contributed by atoms with E-state index in [1.807, 2.05) is 0 Å². The van der Waals surface area contributed by atoms with Crippen molar-refractivity contribution in [3.8, 4) is 11.1 Å². The van der Waals surface area contributed by atoms with E-state index in [0.29, 0.717) is 6.04 Å². The standard InChI is InChI=1S/C19H19N/c1-19-13-6-5-12-17(19)20-18-15(10-7-11-16(18)19)14-8-3-2-4-9-14/h2-4,6-11,13,17,20H,5,12H2,1H3. The van der Waals surface area contributed by atoms with Gasteiger partial charge in [-0.1, -0.05) is 60.7 Å². The molecule has 1 nitrogen and oxygen atoms in total. The summed E-state index contributed by atoms with van der Waals surface area (Å²) < 4.78 is 0. The third-order valence-electron chi connectivity index (χ3n) is 4.86. The molecule has 1 heteroatoms. The molecule has 1 aliphatic carbocycles. The van der Waals surface area contributed by atoms with Crippen LogP contribution in [-0.2, 0) is 5.41 Å². The molecular weight excluding hydrogens is 242 g/mol. The second-order valence-corrected chi connectivity index (χ2v) is 6.05. The van der Waals surface area contributed by atoms with E-state index in [2.05, 4.69) is 72.9 Å². The van der Waals surface area contributed by atoms with Gasteiger partial charge in [0.1, 0.15) is 0 Å². The quantitative estimate of drug-likeness (QED) is 0.730. The Morgan fingerprint density at radius 3 is 2.75 bits per heavy atom. The zero-order valence-electron chi connectivity index (χ0n) is 11.8. The second kappa shape index (κ2) is 4.24. The fourth-order valence-electron chi connectivity index (χ4n) is 3.70. The molecule has 2 aliphatic rings. The molecule has 4 rings (SSSR count).